The minimum absolute atomic E-state index is 0.581. The summed E-state index contributed by atoms with van der Waals surface area (Å²) < 4.78 is 12.1. The number of benzene rings is 1. The van der Waals surface area contributed by atoms with E-state index >= 15 is 0 Å². The molecule has 0 spiro atoms. The van der Waals surface area contributed by atoms with Crippen molar-refractivity contribution in [2.45, 2.75) is 24.4 Å². The van der Waals surface area contributed by atoms with Crippen LogP contribution < -0.4 is 5.73 Å². The highest BCUT2D eigenvalue weighted by molar-refractivity contribution is 7.84. The summed E-state index contributed by atoms with van der Waals surface area (Å²) in [6.45, 7) is 0. The quantitative estimate of drug-likeness (QED) is 0.818. The summed E-state index contributed by atoms with van der Waals surface area (Å²) in [7, 11) is -1.01. The van der Waals surface area contributed by atoms with Gasteiger partial charge in [0.15, 0.2) is 5.16 Å². The van der Waals surface area contributed by atoms with Gasteiger partial charge in [-0.25, -0.2) is 4.98 Å². The van der Waals surface area contributed by atoms with Gasteiger partial charge in [0.1, 0.15) is 0 Å². The molecule has 3 N–H and O–H groups in total. The van der Waals surface area contributed by atoms with Crippen molar-refractivity contribution in [3.63, 3.8) is 0 Å². The molecule has 4 nitrogen and oxygen atoms in total. The maximum Gasteiger partial charge on any atom is 0.197 e. The van der Waals surface area contributed by atoms with E-state index in [1.807, 2.05) is 18.2 Å². The Morgan fingerprint density at radius 3 is 3.00 bits per heavy atom. The summed E-state index contributed by atoms with van der Waals surface area (Å²) in [5.74, 6) is 1.35. The van der Waals surface area contributed by atoms with Gasteiger partial charge in [-0.1, -0.05) is 6.42 Å². The van der Waals surface area contributed by atoms with Crippen LogP contribution in [0.25, 0.3) is 11.0 Å². The fourth-order valence-corrected chi connectivity index (χ4v) is 3.41. The predicted octanol–water partition coefficient (Wildman–Crippen LogP) is 2.05. The molecule has 90 valence electrons. The molecule has 1 unspecified atom stereocenters. The van der Waals surface area contributed by atoms with E-state index in [2.05, 4.69) is 9.97 Å². The van der Waals surface area contributed by atoms with Gasteiger partial charge in [0.05, 0.1) is 21.8 Å². The smallest absolute Gasteiger partial charge is 0.197 e. The minimum Gasteiger partial charge on any atom is -0.399 e. The summed E-state index contributed by atoms with van der Waals surface area (Å²) >= 11 is 0. The van der Waals surface area contributed by atoms with Crippen molar-refractivity contribution in [3.05, 3.63) is 18.2 Å². The van der Waals surface area contributed by atoms with E-state index in [1.165, 1.54) is 19.3 Å². The number of hydrogen-bond donors (Lipinski definition) is 2. The van der Waals surface area contributed by atoms with E-state index in [9.17, 15) is 4.21 Å². The molecule has 0 saturated heterocycles. The minimum atomic E-state index is -1.01. The Bertz CT molecular complexity index is 574. The molecule has 5 heteroatoms. The molecule has 17 heavy (non-hydrogen) atoms. The molecular weight excluding hydrogens is 234 g/mol. The van der Waals surface area contributed by atoms with Crippen LogP contribution in [0.1, 0.15) is 19.3 Å². The molecule has 1 aliphatic rings. The lowest BCUT2D eigenvalue weighted by Crippen LogP contribution is -2.19. The van der Waals surface area contributed by atoms with Gasteiger partial charge in [0.2, 0.25) is 0 Å². The molecule has 1 atom stereocenters. The van der Waals surface area contributed by atoms with Gasteiger partial charge in [-0.15, -0.1) is 0 Å². The third-order valence-electron chi connectivity index (χ3n) is 3.31. The number of H-pyrrole nitrogens is 1. The summed E-state index contributed by atoms with van der Waals surface area (Å²) in [4.78, 5) is 7.45. The van der Waals surface area contributed by atoms with Crippen molar-refractivity contribution in [3.8, 4) is 0 Å². The molecule has 1 fully saturated rings. The standard InChI is InChI=1S/C12H15N3OS/c13-9-4-5-10-11(6-9)15-12(14-10)17(16)7-8-2-1-3-8/h4-6,8H,1-3,7,13H2,(H,14,15). The van der Waals surface area contributed by atoms with Crippen molar-refractivity contribution in [1.82, 2.24) is 9.97 Å². The molecule has 1 heterocycles. The predicted molar refractivity (Wildman–Crippen MR) is 69.1 cm³/mol. The molecule has 1 aromatic heterocycles. The summed E-state index contributed by atoms with van der Waals surface area (Å²) in [5, 5.41) is 0.581. The Morgan fingerprint density at radius 2 is 2.29 bits per heavy atom. The fraction of sp³-hybridized carbons (Fsp3) is 0.417. The maximum atomic E-state index is 12.1. The van der Waals surface area contributed by atoms with E-state index in [-0.39, 0.29) is 0 Å². The molecule has 0 aliphatic heterocycles. The Balaban J connectivity index is 1.86. The number of aromatic nitrogens is 2. The number of nitrogen functional groups attached to an aromatic ring is 1. The molecule has 3 rings (SSSR count). The summed E-state index contributed by atoms with van der Waals surface area (Å²) in [6.07, 6.45) is 3.69. The second kappa shape index (κ2) is 4.14. The number of hydrogen-bond acceptors (Lipinski definition) is 3. The number of fused-ring (bicyclic) bond motifs is 1. The number of nitrogens with two attached hydrogens (primary N) is 1. The topological polar surface area (TPSA) is 71.8 Å². The average molecular weight is 249 g/mol. The summed E-state index contributed by atoms with van der Waals surface area (Å²) in [6, 6.07) is 5.49. The molecule has 2 aromatic rings. The van der Waals surface area contributed by atoms with Crippen LogP contribution in [0.3, 0.4) is 0 Å². The van der Waals surface area contributed by atoms with Crippen LogP contribution in [-0.2, 0) is 10.8 Å². The monoisotopic (exact) mass is 249 g/mol. The lowest BCUT2D eigenvalue weighted by atomic mass is 9.87. The largest absolute Gasteiger partial charge is 0.399 e. The van der Waals surface area contributed by atoms with Crippen LogP contribution in [0.4, 0.5) is 5.69 Å². The first kappa shape index (κ1) is 10.8. The van der Waals surface area contributed by atoms with Crippen LogP contribution in [0, 0.1) is 5.92 Å². The van der Waals surface area contributed by atoms with Crippen molar-refractivity contribution >= 4 is 27.5 Å². The molecule has 0 bridgehead atoms. The molecular formula is C12H15N3OS. The number of nitrogens with zero attached hydrogens (tertiary/aromatic N) is 1. The molecule has 1 aromatic carbocycles. The Morgan fingerprint density at radius 1 is 1.47 bits per heavy atom. The van der Waals surface area contributed by atoms with E-state index in [4.69, 9.17) is 5.73 Å². The first-order chi connectivity index (χ1) is 8.22. The van der Waals surface area contributed by atoms with Crippen LogP contribution in [-0.4, -0.2) is 19.9 Å². The van der Waals surface area contributed by atoms with Gasteiger partial charge < -0.3 is 10.7 Å². The lowest BCUT2D eigenvalue weighted by Gasteiger charge is -2.23. The van der Waals surface area contributed by atoms with E-state index in [0.717, 1.165) is 16.8 Å². The zero-order valence-electron chi connectivity index (χ0n) is 9.48. The zero-order valence-corrected chi connectivity index (χ0v) is 10.3. The number of anilines is 1. The highest BCUT2D eigenvalue weighted by atomic mass is 32.2. The molecule has 1 aliphatic carbocycles. The fourth-order valence-electron chi connectivity index (χ4n) is 2.06. The number of rotatable bonds is 3. The van der Waals surface area contributed by atoms with Crippen molar-refractivity contribution in [1.29, 1.82) is 0 Å². The highest BCUT2D eigenvalue weighted by Gasteiger charge is 2.22. The van der Waals surface area contributed by atoms with E-state index in [0.29, 0.717) is 16.8 Å². The zero-order chi connectivity index (χ0) is 11.8. The maximum absolute atomic E-state index is 12.1. The van der Waals surface area contributed by atoms with Gasteiger partial charge in [0, 0.05) is 11.4 Å². The first-order valence-corrected chi connectivity index (χ1v) is 7.18. The Hall–Kier alpha value is -1.36. The van der Waals surface area contributed by atoms with Crippen LogP contribution in [0.2, 0.25) is 0 Å². The Kier molecular flexibility index (Phi) is 2.63. The first-order valence-electron chi connectivity index (χ1n) is 5.86. The summed E-state index contributed by atoms with van der Waals surface area (Å²) in [5.41, 5.74) is 8.08. The van der Waals surface area contributed by atoms with E-state index in [1.54, 1.807) is 0 Å². The van der Waals surface area contributed by atoms with Gasteiger partial charge in [-0.05, 0) is 37.0 Å². The van der Waals surface area contributed by atoms with Crippen LogP contribution >= 0.6 is 0 Å². The van der Waals surface area contributed by atoms with Gasteiger partial charge in [-0.2, -0.15) is 0 Å². The molecule has 1 saturated carbocycles. The van der Waals surface area contributed by atoms with Gasteiger partial charge in [-0.3, -0.25) is 4.21 Å². The number of aromatic amines is 1. The molecule has 0 amide bonds. The number of imidazole rings is 1. The Labute approximate surface area is 102 Å². The van der Waals surface area contributed by atoms with Crippen molar-refractivity contribution < 1.29 is 4.21 Å². The lowest BCUT2D eigenvalue weighted by molar-refractivity contribution is 0.350. The molecule has 0 radical (unpaired) electrons. The van der Waals surface area contributed by atoms with Crippen LogP contribution in [0.5, 0.6) is 0 Å². The third kappa shape index (κ3) is 2.07. The highest BCUT2D eigenvalue weighted by Crippen LogP contribution is 2.28. The third-order valence-corrected chi connectivity index (χ3v) is 4.71. The van der Waals surface area contributed by atoms with E-state index < -0.39 is 10.8 Å². The van der Waals surface area contributed by atoms with Crippen molar-refractivity contribution in [2.24, 2.45) is 5.92 Å². The normalized spacial score (nSPS) is 18.1. The second-order valence-corrected chi connectivity index (χ2v) is 6.04. The second-order valence-electron chi connectivity index (χ2n) is 4.63. The van der Waals surface area contributed by atoms with Gasteiger partial charge in [0.25, 0.3) is 0 Å². The van der Waals surface area contributed by atoms with Gasteiger partial charge >= 0.3 is 0 Å². The van der Waals surface area contributed by atoms with Crippen molar-refractivity contribution in [2.75, 3.05) is 11.5 Å². The average Bonchev–Trinajstić information content (AvgIpc) is 2.65. The SMILES string of the molecule is Nc1ccc2nc(S(=O)CC3CCC3)[nH]c2c1. The van der Waals surface area contributed by atoms with Crippen LogP contribution in [0.15, 0.2) is 23.4 Å². The number of nitrogens with one attached hydrogen (secondary N) is 1.